The highest BCUT2D eigenvalue weighted by atomic mass is 32.2. The van der Waals surface area contributed by atoms with Gasteiger partial charge in [0.15, 0.2) is 9.84 Å². The molecule has 1 aromatic carbocycles. The minimum absolute atomic E-state index is 0.0585. The third-order valence-electron chi connectivity index (χ3n) is 7.43. The number of carbonyl (C=O) groups excluding carboxylic acids is 6. The number of nitrogens with two attached hydrogens (primary N) is 1. The maximum atomic E-state index is 13.8. The monoisotopic (exact) mass is 693 g/mol. The van der Waals surface area contributed by atoms with Crippen LogP contribution in [0.3, 0.4) is 0 Å². The van der Waals surface area contributed by atoms with Crippen LogP contribution in [0, 0.1) is 5.92 Å². The lowest BCUT2D eigenvalue weighted by Gasteiger charge is -2.30. The Hall–Kier alpha value is -4.47. The highest BCUT2D eigenvalue weighted by Crippen LogP contribution is 2.21. The Bertz CT molecular complexity index is 1420. The molecule has 16 heteroatoms. The number of methoxy groups -OCH3 is 1. The van der Waals surface area contributed by atoms with Crippen LogP contribution in [0.1, 0.15) is 64.4 Å². The van der Waals surface area contributed by atoms with Crippen molar-refractivity contribution >= 4 is 45.5 Å². The van der Waals surface area contributed by atoms with Gasteiger partial charge in [0.05, 0.1) is 7.11 Å². The number of alkyl carbamates (subject to hydrolysis) is 1. The molecule has 266 valence electrons. The molecule has 1 aliphatic heterocycles. The van der Waals surface area contributed by atoms with Crippen molar-refractivity contribution < 1.29 is 46.7 Å². The molecule has 0 unspecified atom stereocenters. The zero-order valence-electron chi connectivity index (χ0n) is 27.8. The van der Waals surface area contributed by atoms with Crippen molar-refractivity contribution in [3.05, 3.63) is 47.4 Å². The highest BCUT2D eigenvalue weighted by molar-refractivity contribution is 7.93. The van der Waals surface area contributed by atoms with Crippen LogP contribution < -0.4 is 21.7 Å². The van der Waals surface area contributed by atoms with Gasteiger partial charge >= 0.3 is 12.1 Å². The standard InChI is InChI=1S/C32H47N5O10S/c1-21(2)19-25(31(42)46-3)35-29(40)26-14-10-17-37(26)30(41)24(15-16-27(33)38)34-28(39)23(13-8-9-18-48(4,44)45)36-32(43)47-20-22-11-6-5-7-12-22/h5-7,9,11-12,18,21,23-26H,8,10,13-17,19-20H2,1-4H3,(H2,33,38)(H,34,39)(H,35,40)(H,36,43)/b18-9+/t23-,24-,25-,26-/m0/s1. The second-order valence-electron chi connectivity index (χ2n) is 12.0. The van der Waals surface area contributed by atoms with Gasteiger partial charge in [-0.1, -0.05) is 50.3 Å². The predicted octanol–water partition coefficient (Wildman–Crippen LogP) is 1.07. The highest BCUT2D eigenvalue weighted by Gasteiger charge is 2.39. The van der Waals surface area contributed by atoms with E-state index in [1.807, 2.05) is 13.8 Å². The van der Waals surface area contributed by atoms with Gasteiger partial charge in [-0.25, -0.2) is 18.0 Å². The van der Waals surface area contributed by atoms with Gasteiger partial charge in [0.2, 0.25) is 23.6 Å². The number of rotatable bonds is 18. The van der Waals surface area contributed by atoms with E-state index in [1.165, 1.54) is 18.1 Å². The number of esters is 1. The van der Waals surface area contributed by atoms with Crippen LogP contribution >= 0.6 is 0 Å². The Kier molecular flexibility index (Phi) is 16.0. The van der Waals surface area contributed by atoms with E-state index in [4.69, 9.17) is 15.2 Å². The Morgan fingerprint density at radius 2 is 1.69 bits per heavy atom. The zero-order chi connectivity index (χ0) is 35.9. The minimum atomic E-state index is -3.44. The molecular weight excluding hydrogens is 646 g/mol. The molecule has 0 spiro atoms. The first-order valence-corrected chi connectivity index (χ1v) is 17.7. The summed E-state index contributed by atoms with van der Waals surface area (Å²) in [6, 6.07) is 4.37. The first kappa shape index (κ1) is 39.7. The number of nitrogens with zero attached hydrogens (tertiary/aromatic N) is 1. The summed E-state index contributed by atoms with van der Waals surface area (Å²) in [5.74, 6) is -3.30. The maximum absolute atomic E-state index is 13.8. The van der Waals surface area contributed by atoms with E-state index in [1.54, 1.807) is 30.3 Å². The van der Waals surface area contributed by atoms with Crippen LogP contribution in [0.25, 0.3) is 0 Å². The number of amides is 5. The lowest BCUT2D eigenvalue weighted by atomic mass is 10.0. The fourth-order valence-electron chi connectivity index (χ4n) is 5.10. The van der Waals surface area contributed by atoms with Crippen molar-refractivity contribution in [1.29, 1.82) is 0 Å². The SMILES string of the molecule is COC(=O)[C@H](CC(C)C)NC(=O)[C@@H]1CCCN1C(=O)[C@H](CCC(N)=O)NC(=O)[C@H](CC/C=C/S(C)(=O)=O)NC(=O)OCc1ccccc1. The molecule has 5 N–H and O–H groups in total. The minimum Gasteiger partial charge on any atom is -0.467 e. The van der Waals surface area contributed by atoms with E-state index in [0.717, 1.165) is 11.7 Å². The van der Waals surface area contributed by atoms with Gasteiger partial charge in [0.1, 0.15) is 30.8 Å². The predicted molar refractivity (Wildman–Crippen MR) is 175 cm³/mol. The van der Waals surface area contributed by atoms with E-state index in [0.29, 0.717) is 24.8 Å². The molecule has 1 saturated heterocycles. The van der Waals surface area contributed by atoms with Gasteiger partial charge in [-0.2, -0.15) is 0 Å². The van der Waals surface area contributed by atoms with Crippen molar-refractivity contribution in [2.24, 2.45) is 11.7 Å². The first-order chi connectivity index (χ1) is 22.6. The van der Waals surface area contributed by atoms with Gasteiger partial charge in [0, 0.05) is 24.6 Å². The fourth-order valence-corrected chi connectivity index (χ4v) is 5.58. The second-order valence-corrected chi connectivity index (χ2v) is 13.9. The van der Waals surface area contributed by atoms with Crippen LogP contribution in [-0.4, -0.2) is 93.1 Å². The number of allylic oxidation sites excluding steroid dienone is 1. The van der Waals surface area contributed by atoms with Crippen molar-refractivity contribution in [1.82, 2.24) is 20.9 Å². The fraction of sp³-hybridized carbons (Fsp3) is 0.562. The van der Waals surface area contributed by atoms with E-state index in [-0.39, 0.29) is 44.8 Å². The molecule has 1 fully saturated rings. The van der Waals surface area contributed by atoms with Crippen LogP contribution in [-0.2, 0) is 49.9 Å². The molecule has 1 aromatic rings. The Labute approximate surface area is 281 Å². The average Bonchev–Trinajstić information content (AvgIpc) is 3.52. The lowest BCUT2D eigenvalue weighted by Crippen LogP contribution is -2.57. The summed E-state index contributed by atoms with van der Waals surface area (Å²) in [5.41, 5.74) is 6.05. The van der Waals surface area contributed by atoms with Crippen molar-refractivity contribution in [3.8, 4) is 0 Å². The van der Waals surface area contributed by atoms with E-state index >= 15 is 0 Å². The summed E-state index contributed by atoms with van der Waals surface area (Å²) in [7, 11) is -2.22. The second kappa shape index (κ2) is 19.4. The van der Waals surface area contributed by atoms with E-state index < -0.39 is 69.7 Å². The molecule has 5 amide bonds. The molecule has 1 heterocycles. The number of ether oxygens (including phenoxy) is 2. The molecule has 2 rings (SSSR count). The van der Waals surface area contributed by atoms with Crippen LogP contribution in [0.5, 0.6) is 0 Å². The molecule has 0 aliphatic carbocycles. The summed E-state index contributed by atoms with van der Waals surface area (Å²) in [5, 5.41) is 8.70. The topological polar surface area (TPSA) is 220 Å². The third-order valence-corrected chi connectivity index (χ3v) is 8.12. The quantitative estimate of drug-likeness (QED) is 0.160. The molecular formula is C32H47N5O10S. The summed E-state index contributed by atoms with van der Waals surface area (Å²) in [6.45, 7) is 3.86. The molecule has 0 bridgehead atoms. The number of likely N-dealkylation sites (tertiary alicyclic amines) is 1. The molecule has 48 heavy (non-hydrogen) atoms. The van der Waals surface area contributed by atoms with Crippen molar-refractivity contribution in [3.63, 3.8) is 0 Å². The molecule has 4 atom stereocenters. The number of hydrogen-bond donors (Lipinski definition) is 4. The normalized spacial score (nSPS) is 16.5. The van der Waals surface area contributed by atoms with Gasteiger partial charge in [-0.3, -0.25) is 19.2 Å². The summed E-state index contributed by atoms with van der Waals surface area (Å²) in [6.07, 6.45) is 2.04. The van der Waals surface area contributed by atoms with Crippen LogP contribution in [0.15, 0.2) is 41.8 Å². The molecule has 0 radical (unpaired) electrons. The Morgan fingerprint density at radius 1 is 1.00 bits per heavy atom. The van der Waals surface area contributed by atoms with Crippen LogP contribution in [0.2, 0.25) is 0 Å². The summed E-state index contributed by atoms with van der Waals surface area (Å²) in [4.78, 5) is 78.6. The first-order valence-electron chi connectivity index (χ1n) is 15.7. The number of nitrogens with one attached hydrogen (secondary N) is 3. The van der Waals surface area contributed by atoms with Gasteiger partial charge in [0.25, 0.3) is 0 Å². The molecule has 1 aliphatic rings. The smallest absolute Gasteiger partial charge is 0.408 e. The molecule has 0 saturated carbocycles. The van der Waals surface area contributed by atoms with Crippen molar-refractivity contribution in [2.75, 3.05) is 19.9 Å². The maximum Gasteiger partial charge on any atom is 0.408 e. The summed E-state index contributed by atoms with van der Waals surface area (Å²) < 4.78 is 33.1. The van der Waals surface area contributed by atoms with Gasteiger partial charge < -0.3 is 36.1 Å². The van der Waals surface area contributed by atoms with Gasteiger partial charge in [-0.05, 0) is 50.0 Å². The third kappa shape index (κ3) is 14.1. The number of carbonyl (C=O) groups is 6. The number of sulfone groups is 1. The molecule has 0 aromatic heterocycles. The summed E-state index contributed by atoms with van der Waals surface area (Å²) >= 11 is 0. The number of benzene rings is 1. The van der Waals surface area contributed by atoms with Gasteiger partial charge in [-0.15, -0.1) is 0 Å². The number of hydrogen-bond acceptors (Lipinski definition) is 10. The number of primary amides is 1. The average molecular weight is 694 g/mol. The van der Waals surface area contributed by atoms with E-state index in [2.05, 4.69) is 16.0 Å². The Morgan fingerprint density at radius 3 is 2.29 bits per heavy atom. The lowest BCUT2D eigenvalue weighted by molar-refractivity contribution is -0.147. The largest absolute Gasteiger partial charge is 0.467 e. The van der Waals surface area contributed by atoms with Crippen LogP contribution in [0.4, 0.5) is 4.79 Å². The zero-order valence-corrected chi connectivity index (χ0v) is 28.6. The van der Waals surface area contributed by atoms with Crippen molar-refractivity contribution in [2.45, 2.75) is 89.6 Å². The molecule has 15 nitrogen and oxygen atoms in total. The van der Waals surface area contributed by atoms with E-state index in [9.17, 15) is 37.2 Å². The Balaban J connectivity index is 2.24.